The zero-order valence-corrected chi connectivity index (χ0v) is 23.9. The number of phenolic OH excluding ortho intramolecular Hbond substituents is 4. The number of nitrogens with zero attached hydrogens (tertiary/aromatic N) is 4. The molecule has 0 saturated heterocycles. The van der Waals surface area contributed by atoms with Crippen LogP contribution in [0.2, 0.25) is 5.02 Å². The summed E-state index contributed by atoms with van der Waals surface area (Å²) in [5.41, 5.74) is 1.36. The van der Waals surface area contributed by atoms with Crippen molar-refractivity contribution >= 4 is 55.9 Å². The molecule has 42 heavy (non-hydrogen) atoms. The van der Waals surface area contributed by atoms with Crippen LogP contribution in [0.25, 0.3) is 21.5 Å². The summed E-state index contributed by atoms with van der Waals surface area (Å²) < 4.78 is 0. The van der Waals surface area contributed by atoms with E-state index >= 15 is 0 Å². The molecule has 0 fully saturated rings. The molecule has 0 aromatic heterocycles. The maximum absolute atomic E-state index is 9.97. The van der Waals surface area contributed by atoms with E-state index in [-0.39, 0.29) is 46.0 Å². The molecular weight excluding hydrogens is 592 g/mol. The number of aromatic hydroxyl groups is 4. The predicted octanol–water partition coefficient (Wildman–Crippen LogP) is 9.98. The topological polar surface area (TPSA) is 130 Å². The van der Waals surface area contributed by atoms with E-state index in [1.165, 1.54) is 18.2 Å². The second-order valence-corrected chi connectivity index (χ2v) is 9.27. The molecule has 0 saturated carbocycles. The first-order valence-corrected chi connectivity index (χ1v) is 12.8. The maximum atomic E-state index is 9.97. The number of para-hydroxylation sites is 1. The Morgan fingerprint density at radius 2 is 0.881 bits per heavy atom. The van der Waals surface area contributed by atoms with Crippen molar-refractivity contribution in [3.63, 3.8) is 0 Å². The van der Waals surface area contributed by atoms with Crippen molar-refractivity contribution in [2.45, 2.75) is 0 Å². The van der Waals surface area contributed by atoms with Crippen molar-refractivity contribution in [2.75, 3.05) is 0 Å². The van der Waals surface area contributed by atoms with Gasteiger partial charge in [0.25, 0.3) is 0 Å². The van der Waals surface area contributed by atoms with Crippen molar-refractivity contribution < 1.29 is 37.8 Å². The van der Waals surface area contributed by atoms with Crippen LogP contribution >= 0.6 is 11.6 Å². The molecule has 8 nitrogen and oxygen atoms in total. The number of hydrogen-bond donors (Lipinski definition) is 4. The van der Waals surface area contributed by atoms with Gasteiger partial charge in [-0.1, -0.05) is 84.4 Å². The number of fused-ring (bicyclic) bond motifs is 2. The average molecular weight is 615 g/mol. The minimum atomic E-state index is -0.0251. The molecule has 0 aliphatic rings. The second kappa shape index (κ2) is 13.6. The normalized spacial score (nSPS) is 11.0. The standard InChI is InChI=1S/C16H11ClN2O2.C16H12N2O2.Cr/c17-11-6-8-14(20)13(9-11)18-19-16-12-4-2-1-3-10(12)5-7-15(16)21;19-14-8-4-3-7-13(14)17-18-16-12-6-2-1-5-11(12)9-10-15(16)20;/h1-9,20-21H;1-10,19-20H;. The van der Waals surface area contributed by atoms with E-state index in [1.807, 2.05) is 54.6 Å². The Labute approximate surface area is 256 Å². The van der Waals surface area contributed by atoms with Crippen molar-refractivity contribution in [3.05, 3.63) is 120 Å². The number of halogens is 1. The predicted molar refractivity (Wildman–Crippen MR) is 161 cm³/mol. The molecule has 6 rings (SSSR count). The summed E-state index contributed by atoms with van der Waals surface area (Å²) in [6, 6.07) is 33.1. The largest absolute Gasteiger partial charge is 0.506 e. The van der Waals surface area contributed by atoms with Gasteiger partial charge in [0.2, 0.25) is 0 Å². The van der Waals surface area contributed by atoms with Gasteiger partial charge in [0.15, 0.2) is 0 Å². The summed E-state index contributed by atoms with van der Waals surface area (Å²) in [5.74, 6) is 0.112. The summed E-state index contributed by atoms with van der Waals surface area (Å²) >= 11 is 5.86. The molecule has 0 aliphatic heterocycles. The Hall–Kier alpha value is -4.94. The Balaban J connectivity index is 0.000000189. The van der Waals surface area contributed by atoms with Crippen LogP contribution in [0.4, 0.5) is 22.7 Å². The van der Waals surface area contributed by atoms with Gasteiger partial charge in [0.05, 0.1) is 0 Å². The first kappa shape index (κ1) is 30.0. The van der Waals surface area contributed by atoms with Crippen LogP contribution in [-0.2, 0) is 17.4 Å². The van der Waals surface area contributed by atoms with Crippen LogP contribution in [0.1, 0.15) is 0 Å². The third-order valence-corrected chi connectivity index (χ3v) is 6.33. The van der Waals surface area contributed by atoms with E-state index in [0.717, 1.165) is 21.5 Å². The van der Waals surface area contributed by atoms with E-state index < -0.39 is 0 Å². The maximum Gasteiger partial charge on any atom is 0.143 e. The SMILES string of the molecule is Oc1ccc(Cl)cc1N=Nc1c(O)ccc2ccccc12.Oc1ccccc1N=Nc1c(O)ccc2ccccc12.[Cr]. The summed E-state index contributed by atoms with van der Waals surface area (Å²) in [6.45, 7) is 0. The van der Waals surface area contributed by atoms with Crippen molar-refractivity contribution in [1.82, 2.24) is 0 Å². The van der Waals surface area contributed by atoms with E-state index in [1.54, 1.807) is 42.5 Å². The third kappa shape index (κ3) is 6.85. The number of benzene rings is 6. The molecule has 6 aromatic carbocycles. The van der Waals surface area contributed by atoms with Gasteiger partial charge in [-0.25, -0.2) is 0 Å². The van der Waals surface area contributed by atoms with Crippen LogP contribution in [-0.4, -0.2) is 20.4 Å². The Morgan fingerprint density at radius 3 is 1.45 bits per heavy atom. The van der Waals surface area contributed by atoms with Gasteiger partial charge in [0.1, 0.15) is 45.7 Å². The number of hydrogen-bond acceptors (Lipinski definition) is 8. The van der Waals surface area contributed by atoms with E-state index in [2.05, 4.69) is 20.5 Å². The molecule has 0 spiro atoms. The molecular formula is C32H23ClCrN4O4. The molecule has 6 aromatic rings. The van der Waals surface area contributed by atoms with Gasteiger partial charge < -0.3 is 20.4 Å². The number of rotatable bonds is 4. The number of azo groups is 2. The molecule has 0 atom stereocenters. The molecule has 10 heteroatoms. The molecule has 0 radical (unpaired) electrons. The van der Waals surface area contributed by atoms with Crippen molar-refractivity contribution in [3.8, 4) is 23.0 Å². The molecule has 0 bridgehead atoms. The van der Waals surface area contributed by atoms with Crippen molar-refractivity contribution in [2.24, 2.45) is 20.5 Å². The monoisotopic (exact) mass is 614 g/mol. The fraction of sp³-hybridized carbons (Fsp3) is 0. The molecule has 0 amide bonds. The van der Waals surface area contributed by atoms with E-state index in [4.69, 9.17) is 11.6 Å². The summed E-state index contributed by atoms with van der Waals surface area (Å²) in [6.07, 6.45) is 0. The van der Waals surface area contributed by atoms with Crippen LogP contribution < -0.4 is 0 Å². The smallest absolute Gasteiger partial charge is 0.143 e. The Kier molecular flexibility index (Phi) is 9.74. The van der Waals surface area contributed by atoms with Gasteiger partial charge >= 0.3 is 0 Å². The first-order chi connectivity index (χ1) is 19.9. The molecule has 0 unspecified atom stereocenters. The van der Waals surface area contributed by atoms with Gasteiger partial charge in [-0.15, -0.1) is 20.5 Å². The fourth-order valence-corrected chi connectivity index (χ4v) is 4.20. The Bertz CT molecular complexity index is 1930. The summed E-state index contributed by atoms with van der Waals surface area (Å²) in [4.78, 5) is 0. The average Bonchev–Trinajstić information content (AvgIpc) is 2.99. The minimum Gasteiger partial charge on any atom is -0.506 e. The van der Waals surface area contributed by atoms with Gasteiger partial charge in [-0.3, -0.25) is 0 Å². The van der Waals surface area contributed by atoms with Crippen molar-refractivity contribution in [1.29, 1.82) is 0 Å². The van der Waals surface area contributed by atoms with E-state index in [9.17, 15) is 20.4 Å². The van der Waals surface area contributed by atoms with Gasteiger partial charge in [-0.2, -0.15) is 0 Å². The van der Waals surface area contributed by atoms with Gasteiger partial charge in [0, 0.05) is 33.2 Å². The fourth-order valence-electron chi connectivity index (χ4n) is 4.03. The molecule has 4 N–H and O–H groups in total. The van der Waals surface area contributed by atoms with Crippen LogP contribution in [0.15, 0.2) is 136 Å². The third-order valence-electron chi connectivity index (χ3n) is 6.09. The van der Waals surface area contributed by atoms with Gasteiger partial charge in [-0.05, 0) is 53.2 Å². The quantitative estimate of drug-likeness (QED) is 0.147. The Morgan fingerprint density at radius 1 is 0.429 bits per heavy atom. The molecule has 0 aliphatic carbocycles. The molecule has 0 heterocycles. The summed E-state index contributed by atoms with van der Waals surface area (Å²) in [5, 5.41) is 59.4. The van der Waals surface area contributed by atoms with Crippen LogP contribution in [0, 0.1) is 0 Å². The van der Waals surface area contributed by atoms with Crippen LogP contribution in [0.5, 0.6) is 23.0 Å². The zero-order valence-electron chi connectivity index (χ0n) is 21.8. The molecule has 208 valence electrons. The second-order valence-electron chi connectivity index (χ2n) is 8.83. The first-order valence-electron chi connectivity index (χ1n) is 12.4. The van der Waals surface area contributed by atoms with Crippen LogP contribution in [0.3, 0.4) is 0 Å². The zero-order chi connectivity index (χ0) is 28.8. The minimum absolute atomic E-state index is 0. The number of phenols is 4. The van der Waals surface area contributed by atoms with E-state index in [0.29, 0.717) is 22.1 Å². The summed E-state index contributed by atoms with van der Waals surface area (Å²) in [7, 11) is 0.